The molecule has 0 heterocycles. The van der Waals surface area contributed by atoms with Gasteiger partial charge in [-0.1, -0.05) is 11.6 Å². The highest BCUT2D eigenvalue weighted by atomic mass is 35.5. The van der Waals surface area contributed by atoms with Gasteiger partial charge >= 0.3 is 0 Å². The van der Waals surface area contributed by atoms with E-state index in [1.54, 1.807) is 0 Å². The number of aliphatic hydroxyl groups is 1. The van der Waals surface area contributed by atoms with Gasteiger partial charge in [-0.2, -0.15) is 0 Å². The molecule has 5 heteroatoms. The topological polar surface area (TPSA) is 66.5 Å². The van der Waals surface area contributed by atoms with E-state index in [4.69, 9.17) is 22.4 Å². The van der Waals surface area contributed by atoms with Crippen molar-refractivity contribution in [2.24, 2.45) is 5.73 Å². The first-order valence-corrected chi connectivity index (χ1v) is 4.00. The number of phenols is 1. The molecule has 0 bridgehead atoms. The largest absolute Gasteiger partial charge is 0.506 e. The molecule has 1 atom stereocenters. The van der Waals surface area contributed by atoms with Gasteiger partial charge in [0.05, 0.1) is 6.10 Å². The van der Waals surface area contributed by atoms with E-state index in [0.29, 0.717) is 0 Å². The molecule has 0 spiro atoms. The van der Waals surface area contributed by atoms with Gasteiger partial charge in [-0.3, -0.25) is 0 Å². The van der Waals surface area contributed by atoms with Crippen molar-refractivity contribution >= 4 is 11.6 Å². The molecule has 0 saturated heterocycles. The molecular weight excluding hydrogens is 197 g/mol. The Hall–Kier alpha value is -0.840. The van der Waals surface area contributed by atoms with Crippen LogP contribution in [0, 0.1) is 5.82 Å². The van der Waals surface area contributed by atoms with E-state index in [1.807, 2.05) is 0 Å². The lowest BCUT2D eigenvalue weighted by Gasteiger charge is -2.09. The molecule has 0 aliphatic carbocycles. The van der Waals surface area contributed by atoms with E-state index in [0.717, 1.165) is 6.07 Å². The van der Waals surface area contributed by atoms with Crippen molar-refractivity contribution < 1.29 is 14.6 Å². The monoisotopic (exact) mass is 205 g/mol. The molecule has 1 unspecified atom stereocenters. The van der Waals surface area contributed by atoms with Crippen LogP contribution in [0.15, 0.2) is 12.1 Å². The van der Waals surface area contributed by atoms with Gasteiger partial charge in [0.2, 0.25) is 0 Å². The van der Waals surface area contributed by atoms with Crippen LogP contribution in [0.4, 0.5) is 4.39 Å². The van der Waals surface area contributed by atoms with Crippen LogP contribution in [0.2, 0.25) is 5.02 Å². The van der Waals surface area contributed by atoms with Gasteiger partial charge in [0.15, 0.2) is 0 Å². The van der Waals surface area contributed by atoms with Crippen molar-refractivity contribution in [1.82, 2.24) is 0 Å². The Kier molecular flexibility index (Phi) is 3.08. The molecule has 0 radical (unpaired) electrons. The van der Waals surface area contributed by atoms with Crippen molar-refractivity contribution in [1.29, 1.82) is 0 Å². The predicted octanol–water partition coefficient (Wildman–Crippen LogP) is 1.18. The number of nitrogens with two attached hydrogens (primary N) is 1. The maximum absolute atomic E-state index is 12.9. The lowest BCUT2D eigenvalue weighted by molar-refractivity contribution is 0.186. The summed E-state index contributed by atoms with van der Waals surface area (Å²) >= 11 is 5.36. The highest BCUT2D eigenvalue weighted by molar-refractivity contribution is 6.32. The smallest absolute Gasteiger partial charge is 0.145 e. The number of phenolic OH excluding ortho intramolecular Hbond substituents is 1. The third kappa shape index (κ3) is 2.09. The minimum Gasteiger partial charge on any atom is -0.506 e. The van der Waals surface area contributed by atoms with Crippen LogP contribution in [0.25, 0.3) is 0 Å². The summed E-state index contributed by atoms with van der Waals surface area (Å²) in [4.78, 5) is 0. The Balaban J connectivity index is 3.13. The molecule has 0 fully saturated rings. The fourth-order valence-electron chi connectivity index (χ4n) is 0.923. The molecule has 0 aliphatic heterocycles. The van der Waals surface area contributed by atoms with E-state index in [1.165, 1.54) is 6.07 Å². The van der Waals surface area contributed by atoms with Gasteiger partial charge < -0.3 is 15.9 Å². The number of hydrogen-bond acceptors (Lipinski definition) is 3. The minimum absolute atomic E-state index is 0.0412. The van der Waals surface area contributed by atoms with Gasteiger partial charge in [-0.25, -0.2) is 4.39 Å². The molecule has 0 saturated carbocycles. The normalized spacial score (nSPS) is 12.9. The predicted molar refractivity (Wildman–Crippen MR) is 47.1 cm³/mol. The maximum atomic E-state index is 12.9. The summed E-state index contributed by atoms with van der Waals surface area (Å²) in [6.45, 7) is -0.0412. The molecule has 1 aromatic rings. The van der Waals surface area contributed by atoms with Gasteiger partial charge in [0.1, 0.15) is 16.6 Å². The van der Waals surface area contributed by atoms with E-state index in [9.17, 15) is 9.50 Å². The number of benzene rings is 1. The van der Waals surface area contributed by atoms with Crippen molar-refractivity contribution in [3.8, 4) is 5.75 Å². The van der Waals surface area contributed by atoms with Crippen LogP contribution in [0.5, 0.6) is 5.75 Å². The summed E-state index contributed by atoms with van der Waals surface area (Å²) in [7, 11) is 0. The highest BCUT2D eigenvalue weighted by Crippen LogP contribution is 2.29. The first-order valence-electron chi connectivity index (χ1n) is 3.62. The Morgan fingerprint density at radius 2 is 2.15 bits per heavy atom. The van der Waals surface area contributed by atoms with Gasteiger partial charge in [0.25, 0.3) is 0 Å². The van der Waals surface area contributed by atoms with Crippen molar-refractivity contribution in [2.75, 3.05) is 6.54 Å². The summed E-state index contributed by atoms with van der Waals surface area (Å²) in [5, 5.41) is 18.0. The van der Waals surface area contributed by atoms with E-state index < -0.39 is 17.7 Å². The maximum Gasteiger partial charge on any atom is 0.145 e. The average molecular weight is 206 g/mol. The molecule has 1 aromatic carbocycles. The van der Waals surface area contributed by atoms with Crippen LogP contribution in [0.1, 0.15) is 11.7 Å². The zero-order valence-electron chi connectivity index (χ0n) is 6.67. The molecular formula is C8H9ClFNO2. The molecule has 72 valence electrons. The van der Waals surface area contributed by atoms with Crippen LogP contribution in [-0.4, -0.2) is 16.8 Å². The lowest BCUT2D eigenvalue weighted by atomic mass is 10.1. The second-order valence-electron chi connectivity index (χ2n) is 2.59. The molecule has 4 N–H and O–H groups in total. The standard InChI is InChI=1S/C8H9ClFNO2/c9-8-5(10)1-4(2-6(8)12)7(13)3-11/h1-2,7,12-13H,3,11H2. The Morgan fingerprint density at radius 1 is 1.54 bits per heavy atom. The zero-order valence-corrected chi connectivity index (χ0v) is 7.42. The third-order valence-electron chi connectivity index (χ3n) is 1.64. The highest BCUT2D eigenvalue weighted by Gasteiger charge is 2.12. The van der Waals surface area contributed by atoms with Gasteiger partial charge in [0, 0.05) is 6.54 Å². The molecule has 13 heavy (non-hydrogen) atoms. The molecule has 0 aliphatic rings. The second kappa shape index (κ2) is 3.91. The molecule has 0 aromatic heterocycles. The van der Waals surface area contributed by atoms with Crippen LogP contribution in [0.3, 0.4) is 0 Å². The van der Waals surface area contributed by atoms with E-state index in [2.05, 4.69) is 0 Å². The van der Waals surface area contributed by atoms with Crippen molar-refractivity contribution in [3.05, 3.63) is 28.5 Å². The van der Waals surface area contributed by atoms with Crippen molar-refractivity contribution in [3.63, 3.8) is 0 Å². The number of aromatic hydroxyl groups is 1. The number of rotatable bonds is 2. The van der Waals surface area contributed by atoms with E-state index >= 15 is 0 Å². The zero-order chi connectivity index (χ0) is 10.0. The summed E-state index contributed by atoms with van der Waals surface area (Å²) in [5.41, 5.74) is 5.37. The first kappa shape index (κ1) is 10.2. The number of aliphatic hydroxyl groups excluding tert-OH is 1. The number of halogens is 2. The van der Waals surface area contributed by atoms with Gasteiger partial charge in [-0.05, 0) is 17.7 Å². The third-order valence-corrected chi connectivity index (χ3v) is 2.01. The summed E-state index contributed by atoms with van der Waals surface area (Å²) in [6.07, 6.45) is -0.988. The second-order valence-corrected chi connectivity index (χ2v) is 2.97. The Labute approximate surface area is 79.6 Å². The summed E-state index contributed by atoms with van der Waals surface area (Å²) < 4.78 is 12.9. The SMILES string of the molecule is NCC(O)c1cc(O)c(Cl)c(F)c1. The minimum atomic E-state index is -0.988. The lowest BCUT2D eigenvalue weighted by Crippen LogP contribution is -2.11. The van der Waals surface area contributed by atoms with Crippen LogP contribution in [-0.2, 0) is 0 Å². The summed E-state index contributed by atoms with van der Waals surface area (Å²) in [6, 6.07) is 2.22. The summed E-state index contributed by atoms with van der Waals surface area (Å²) in [5.74, 6) is -1.17. The van der Waals surface area contributed by atoms with Crippen LogP contribution < -0.4 is 5.73 Å². The Morgan fingerprint density at radius 3 is 2.62 bits per heavy atom. The van der Waals surface area contributed by atoms with Crippen LogP contribution >= 0.6 is 11.6 Å². The molecule has 1 rings (SSSR count). The fraction of sp³-hybridized carbons (Fsp3) is 0.250. The van der Waals surface area contributed by atoms with E-state index in [-0.39, 0.29) is 17.1 Å². The molecule has 0 amide bonds. The molecule has 3 nitrogen and oxygen atoms in total. The quantitative estimate of drug-likeness (QED) is 0.679. The number of hydrogen-bond donors (Lipinski definition) is 3. The first-order chi connectivity index (χ1) is 6.06. The van der Waals surface area contributed by atoms with Gasteiger partial charge in [-0.15, -0.1) is 0 Å². The Bertz CT molecular complexity index is 296. The average Bonchev–Trinajstić information content (AvgIpc) is 2.12. The fourth-order valence-corrected chi connectivity index (χ4v) is 1.03. The van der Waals surface area contributed by atoms with Crippen molar-refractivity contribution in [2.45, 2.75) is 6.10 Å².